The number of aromatic nitrogens is 1. The van der Waals surface area contributed by atoms with Gasteiger partial charge in [0, 0.05) is 18.9 Å². The van der Waals surface area contributed by atoms with Gasteiger partial charge in [0.05, 0.1) is 17.3 Å². The molecule has 15 heavy (non-hydrogen) atoms. The highest BCUT2D eigenvalue weighted by molar-refractivity contribution is 7.09. The lowest BCUT2D eigenvalue weighted by Gasteiger charge is -1.96. The molecule has 0 amide bonds. The van der Waals surface area contributed by atoms with Gasteiger partial charge in [-0.1, -0.05) is 30.3 Å². The first-order valence-electron chi connectivity index (χ1n) is 4.84. The predicted octanol–water partition coefficient (Wildman–Crippen LogP) is 2.88. The number of hydrogen-bond donors (Lipinski definition) is 0. The molecule has 0 fully saturated rings. The van der Waals surface area contributed by atoms with Crippen molar-refractivity contribution in [3.63, 3.8) is 0 Å². The number of methoxy groups -OCH3 is 1. The number of thiazole rings is 1. The Balaban J connectivity index is 2.05. The van der Waals surface area contributed by atoms with Gasteiger partial charge in [0.1, 0.15) is 0 Å². The fourth-order valence-corrected chi connectivity index (χ4v) is 2.23. The Bertz CT molecular complexity index is 411. The van der Waals surface area contributed by atoms with Crippen molar-refractivity contribution in [1.82, 2.24) is 4.98 Å². The Hall–Kier alpha value is -1.19. The average molecular weight is 219 g/mol. The van der Waals surface area contributed by atoms with Crippen LogP contribution in [0.25, 0.3) is 0 Å². The lowest BCUT2D eigenvalue weighted by Crippen LogP contribution is -1.90. The maximum Gasteiger partial charge on any atom is 0.0973 e. The molecule has 0 bridgehead atoms. The van der Waals surface area contributed by atoms with Crippen LogP contribution >= 0.6 is 11.3 Å². The molecule has 0 saturated carbocycles. The second-order valence-corrected chi connectivity index (χ2v) is 4.27. The fourth-order valence-electron chi connectivity index (χ4n) is 1.41. The van der Waals surface area contributed by atoms with Gasteiger partial charge in [-0.25, -0.2) is 4.98 Å². The van der Waals surface area contributed by atoms with Gasteiger partial charge in [-0.15, -0.1) is 11.3 Å². The molecule has 0 aliphatic carbocycles. The van der Waals surface area contributed by atoms with Gasteiger partial charge in [-0.3, -0.25) is 0 Å². The van der Waals surface area contributed by atoms with E-state index in [9.17, 15) is 0 Å². The van der Waals surface area contributed by atoms with Crippen molar-refractivity contribution < 1.29 is 4.74 Å². The Kier molecular flexibility index (Phi) is 3.48. The molecule has 0 spiro atoms. The van der Waals surface area contributed by atoms with E-state index in [1.165, 1.54) is 5.56 Å². The highest BCUT2D eigenvalue weighted by atomic mass is 32.1. The molecular formula is C12H13NOS. The van der Waals surface area contributed by atoms with Crippen molar-refractivity contribution in [1.29, 1.82) is 0 Å². The molecule has 0 saturated heterocycles. The second-order valence-electron chi connectivity index (χ2n) is 3.33. The SMILES string of the molecule is COCc1csc(Cc2ccccc2)n1. The van der Waals surface area contributed by atoms with Gasteiger partial charge in [0.25, 0.3) is 0 Å². The van der Waals surface area contributed by atoms with Crippen LogP contribution in [0, 0.1) is 0 Å². The van der Waals surface area contributed by atoms with E-state index in [1.807, 2.05) is 6.07 Å². The zero-order valence-electron chi connectivity index (χ0n) is 8.64. The lowest BCUT2D eigenvalue weighted by atomic mass is 10.2. The molecule has 2 aromatic rings. The van der Waals surface area contributed by atoms with E-state index in [0.717, 1.165) is 17.1 Å². The van der Waals surface area contributed by atoms with Gasteiger partial charge in [0.15, 0.2) is 0 Å². The summed E-state index contributed by atoms with van der Waals surface area (Å²) in [4.78, 5) is 4.49. The fraction of sp³-hybridized carbons (Fsp3) is 0.250. The highest BCUT2D eigenvalue weighted by Crippen LogP contribution is 2.14. The summed E-state index contributed by atoms with van der Waals surface area (Å²) < 4.78 is 5.04. The van der Waals surface area contributed by atoms with Gasteiger partial charge in [-0.05, 0) is 5.56 Å². The largest absolute Gasteiger partial charge is 0.378 e. The zero-order chi connectivity index (χ0) is 10.5. The molecule has 0 unspecified atom stereocenters. The standard InChI is InChI=1S/C12H13NOS/c1-14-8-11-9-15-12(13-11)7-10-5-3-2-4-6-10/h2-6,9H,7-8H2,1H3. The minimum absolute atomic E-state index is 0.602. The highest BCUT2D eigenvalue weighted by Gasteiger charge is 2.02. The van der Waals surface area contributed by atoms with E-state index in [2.05, 4.69) is 34.6 Å². The summed E-state index contributed by atoms with van der Waals surface area (Å²) >= 11 is 1.69. The van der Waals surface area contributed by atoms with Crippen molar-refractivity contribution in [3.8, 4) is 0 Å². The number of ether oxygens (including phenoxy) is 1. The summed E-state index contributed by atoms with van der Waals surface area (Å²) in [5.41, 5.74) is 2.32. The molecule has 0 atom stereocenters. The lowest BCUT2D eigenvalue weighted by molar-refractivity contribution is 0.182. The van der Waals surface area contributed by atoms with E-state index in [4.69, 9.17) is 4.74 Å². The monoisotopic (exact) mass is 219 g/mol. The normalized spacial score (nSPS) is 10.5. The molecule has 0 aliphatic rings. The molecule has 0 aliphatic heterocycles. The summed E-state index contributed by atoms with van der Waals surface area (Å²) in [6, 6.07) is 10.4. The van der Waals surface area contributed by atoms with Crippen LogP contribution in [0.5, 0.6) is 0 Å². The van der Waals surface area contributed by atoms with E-state index in [-0.39, 0.29) is 0 Å². The van der Waals surface area contributed by atoms with E-state index in [1.54, 1.807) is 18.4 Å². The van der Waals surface area contributed by atoms with Crippen molar-refractivity contribution in [3.05, 3.63) is 52.0 Å². The Morgan fingerprint density at radius 1 is 1.27 bits per heavy atom. The van der Waals surface area contributed by atoms with Gasteiger partial charge >= 0.3 is 0 Å². The molecule has 78 valence electrons. The molecule has 2 nitrogen and oxygen atoms in total. The number of nitrogens with zero attached hydrogens (tertiary/aromatic N) is 1. The molecule has 0 N–H and O–H groups in total. The third-order valence-corrected chi connectivity index (χ3v) is 2.99. The molecule has 1 aromatic carbocycles. The van der Waals surface area contributed by atoms with Crippen LogP contribution in [-0.2, 0) is 17.8 Å². The maximum atomic E-state index is 5.04. The average Bonchev–Trinajstić information content (AvgIpc) is 2.68. The van der Waals surface area contributed by atoms with Crippen molar-refractivity contribution in [2.75, 3.05) is 7.11 Å². The van der Waals surface area contributed by atoms with Crippen LogP contribution in [0.4, 0.5) is 0 Å². The molecule has 2 rings (SSSR count). The minimum atomic E-state index is 0.602. The Morgan fingerprint density at radius 2 is 2.07 bits per heavy atom. The van der Waals surface area contributed by atoms with Crippen LogP contribution in [0.1, 0.15) is 16.3 Å². The first kappa shape index (κ1) is 10.3. The summed E-state index contributed by atoms with van der Waals surface area (Å²) in [6.45, 7) is 0.602. The summed E-state index contributed by atoms with van der Waals surface area (Å²) in [5, 5.41) is 3.20. The van der Waals surface area contributed by atoms with Crippen LogP contribution in [-0.4, -0.2) is 12.1 Å². The third-order valence-electron chi connectivity index (χ3n) is 2.09. The van der Waals surface area contributed by atoms with E-state index >= 15 is 0 Å². The van der Waals surface area contributed by atoms with Crippen molar-refractivity contribution >= 4 is 11.3 Å². The first-order valence-corrected chi connectivity index (χ1v) is 5.72. The van der Waals surface area contributed by atoms with Crippen LogP contribution < -0.4 is 0 Å². The first-order chi connectivity index (χ1) is 7.38. The zero-order valence-corrected chi connectivity index (χ0v) is 9.46. The van der Waals surface area contributed by atoms with E-state index < -0.39 is 0 Å². The van der Waals surface area contributed by atoms with Gasteiger partial charge < -0.3 is 4.74 Å². The predicted molar refractivity (Wildman–Crippen MR) is 62.1 cm³/mol. The number of benzene rings is 1. The Morgan fingerprint density at radius 3 is 2.80 bits per heavy atom. The van der Waals surface area contributed by atoms with Gasteiger partial charge in [-0.2, -0.15) is 0 Å². The molecule has 1 aromatic heterocycles. The van der Waals surface area contributed by atoms with Crippen molar-refractivity contribution in [2.24, 2.45) is 0 Å². The summed E-state index contributed by atoms with van der Waals surface area (Å²) in [6.07, 6.45) is 0.912. The minimum Gasteiger partial charge on any atom is -0.378 e. The summed E-state index contributed by atoms with van der Waals surface area (Å²) in [7, 11) is 1.69. The molecule has 1 heterocycles. The van der Waals surface area contributed by atoms with Gasteiger partial charge in [0.2, 0.25) is 0 Å². The maximum absolute atomic E-state index is 5.04. The second kappa shape index (κ2) is 5.05. The molecule has 3 heteroatoms. The molecular weight excluding hydrogens is 206 g/mol. The van der Waals surface area contributed by atoms with Crippen LogP contribution in [0.2, 0.25) is 0 Å². The third kappa shape index (κ3) is 2.88. The number of hydrogen-bond acceptors (Lipinski definition) is 3. The van der Waals surface area contributed by atoms with Crippen LogP contribution in [0.3, 0.4) is 0 Å². The van der Waals surface area contributed by atoms with E-state index in [0.29, 0.717) is 6.61 Å². The van der Waals surface area contributed by atoms with Crippen LogP contribution in [0.15, 0.2) is 35.7 Å². The molecule has 0 radical (unpaired) electrons. The van der Waals surface area contributed by atoms with Crippen molar-refractivity contribution in [2.45, 2.75) is 13.0 Å². The number of rotatable bonds is 4. The topological polar surface area (TPSA) is 22.1 Å². The summed E-state index contributed by atoms with van der Waals surface area (Å²) in [5.74, 6) is 0. The smallest absolute Gasteiger partial charge is 0.0973 e. The quantitative estimate of drug-likeness (QED) is 0.788. The Labute approximate surface area is 93.6 Å².